The van der Waals surface area contributed by atoms with Gasteiger partial charge in [-0.2, -0.15) is 0 Å². The van der Waals surface area contributed by atoms with Crippen LogP contribution in [0.3, 0.4) is 0 Å². The predicted molar refractivity (Wildman–Crippen MR) is 121 cm³/mol. The first-order valence-corrected chi connectivity index (χ1v) is 11.9. The number of thioether (sulfide) groups is 1. The van der Waals surface area contributed by atoms with Gasteiger partial charge in [0.2, 0.25) is 16.4 Å². The van der Waals surface area contributed by atoms with Crippen LogP contribution in [0.1, 0.15) is 19.5 Å². The second-order valence-corrected chi connectivity index (χ2v) is 10.6. The molecule has 3 fully saturated rings. The van der Waals surface area contributed by atoms with E-state index >= 15 is 0 Å². The number of hydrogen-bond acceptors (Lipinski definition) is 11. The quantitative estimate of drug-likeness (QED) is 0.149. The number of nitrogens with zero attached hydrogens (tertiary/aromatic N) is 4. The van der Waals surface area contributed by atoms with Crippen molar-refractivity contribution in [2.24, 2.45) is 5.16 Å². The van der Waals surface area contributed by atoms with Crippen molar-refractivity contribution in [1.82, 2.24) is 25.4 Å². The van der Waals surface area contributed by atoms with Gasteiger partial charge >= 0.3 is 18.0 Å². The van der Waals surface area contributed by atoms with Crippen LogP contribution in [0.15, 0.2) is 10.5 Å². The first-order valence-electron chi connectivity index (χ1n) is 10.2. The number of thiazole rings is 1. The summed E-state index contributed by atoms with van der Waals surface area (Å²) in [5.74, 6) is -4.05. The van der Waals surface area contributed by atoms with Gasteiger partial charge in [-0.25, -0.2) is 19.4 Å². The molecule has 3 saturated heterocycles. The van der Waals surface area contributed by atoms with E-state index in [0.29, 0.717) is 0 Å². The minimum atomic E-state index is -1.77. The zero-order valence-electron chi connectivity index (χ0n) is 18.4. The molecule has 4 amide bonds. The van der Waals surface area contributed by atoms with Crippen molar-refractivity contribution in [3.05, 3.63) is 11.1 Å². The molecule has 0 spiro atoms. The maximum absolute atomic E-state index is 13.1. The molecule has 15 nitrogen and oxygen atoms in total. The van der Waals surface area contributed by atoms with Gasteiger partial charge in [-0.05, 0) is 13.8 Å². The number of anilines is 1. The zero-order valence-corrected chi connectivity index (χ0v) is 20.0. The van der Waals surface area contributed by atoms with Crippen molar-refractivity contribution in [1.29, 1.82) is 0 Å². The minimum Gasteiger partial charge on any atom is -0.479 e. The number of aliphatic carboxylic acids is 2. The molecule has 1 aromatic heterocycles. The molecule has 3 aliphatic heterocycles. The Morgan fingerprint density at radius 3 is 2.63 bits per heavy atom. The van der Waals surface area contributed by atoms with E-state index in [4.69, 9.17) is 10.6 Å². The minimum absolute atomic E-state index is 0.00233. The van der Waals surface area contributed by atoms with Crippen molar-refractivity contribution in [2.45, 2.75) is 35.7 Å². The van der Waals surface area contributed by atoms with Crippen LogP contribution in [0.25, 0.3) is 0 Å². The van der Waals surface area contributed by atoms with Gasteiger partial charge in [0.25, 0.3) is 5.91 Å². The Morgan fingerprint density at radius 1 is 1.37 bits per heavy atom. The first kappa shape index (κ1) is 24.5. The predicted octanol–water partition coefficient (Wildman–Crippen LogP) is -1.48. The molecular weight excluding hydrogens is 506 g/mol. The zero-order chi connectivity index (χ0) is 25.7. The Balaban J connectivity index is 1.55. The number of carboxylic acids is 2. The van der Waals surface area contributed by atoms with E-state index in [1.54, 1.807) is 0 Å². The summed E-state index contributed by atoms with van der Waals surface area (Å²) in [4.78, 5) is 71.3. The number of carboxylic acid groups (broad SMARTS) is 2. The third kappa shape index (κ3) is 4.09. The summed E-state index contributed by atoms with van der Waals surface area (Å²) in [6.07, 6.45) is 0. The lowest BCUT2D eigenvalue weighted by Crippen LogP contribution is -2.68. The van der Waals surface area contributed by atoms with E-state index in [-0.39, 0.29) is 30.5 Å². The van der Waals surface area contributed by atoms with E-state index in [9.17, 15) is 34.2 Å². The fourth-order valence-corrected chi connectivity index (χ4v) is 5.82. The monoisotopic (exact) mass is 527 g/mol. The summed E-state index contributed by atoms with van der Waals surface area (Å²) in [5.41, 5.74) is 3.46. The molecule has 0 radical (unpaired) electrons. The second kappa shape index (κ2) is 8.56. The van der Waals surface area contributed by atoms with E-state index in [0.717, 1.165) is 28.0 Å². The van der Waals surface area contributed by atoms with Crippen LogP contribution in [0.4, 0.5) is 9.93 Å². The number of hydrogen-bond donors (Lipinski definition) is 5. The van der Waals surface area contributed by atoms with Gasteiger partial charge in [-0.3, -0.25) is 14.5 Å². The highest BCUT2D eigenvalue weighted by Crippen LogP contribution is 2.49. The Bertz CT molecular complexity index is 1150. The third-order valence-corrected chi connectivity index (χ3v) is 7.97. The molecule has 0 aromatic carbocycles. The molecule has 3 aliphatic rings. The fourth-order valence-electron chi connectivity index (χ4n) is 3.63. The second-order valence-electron chi connectivity index (χ2n) is 8.32. The van der Waals surface area contributed by atoms with Crippen molar-refractivity contribution >= 4 is 63.7 Å². The lowest BCUT2D eigenvalue weighted by molar-refractivity contribution is -0.161. The molecule has 0 saturated carbocycles. The lowest BCUT2D eigenvalue weighted by Gasteiger charge is -2.41. The number of nitrogen functional groups attached to an aromatic ring is 1. The highest BCUT2D eigenvalue weighted by molar-refractivity contribution is 8.02. The molecule has 0 bridgehead atoms. The number of rotatable bonds is 8. The van der Waals surface area contributed by atoms with Crippen LogP contribution < -0.4 is 16.4 Å². The maximum Gasteiger partial charge on any atom is 0.350 e. The van der Waals surface area contributed by atoms with Crippen LogP contribution in [0.5, 0.6) is 0 Å². The molecule has 2 unspecified atom stereocenters. The van der Waals surface area contributed by atoms with Gasteiger partial charge in [-0.15, -0.1) is 11.3 Å². The number of nitrogens with one attached hydrogen (secondary N) is 2. The largest absolute Gasteiger partial charge is 0.479 e. The number of β-lactam (4-membered cyclic amide) rings is 1. The first-order chi connectivity index (χ1) is 16.4. The van der Waals surface area contributed by atoms with Crippen LogP contribution in [0.2, 0.25) is 0 Å². The number of aromatic nitrogens is 1. The van der Waals surface area contributed by atoms with Gasteiger partial charge < -0.3 is 36.3 Å². The summed E-state index contributed by atoms with van der Waals surface area (Å²) in [7, 11) is 0. The highest BCUT2D eigenvalue weighted by atomic mass is 32.2. The van der Waals surface area contributed by atoms with Crippen molar-refractivity contribution < 1.29 is 39.0 Å². The average molecular weight is 528 g/mol. The molecule has 35 heavy (non-hydrogen) atoms. The lowest BCUT2D eigenvalue weighted by atomic mass is 10.1. The summed E-state index contributed by atoms with van der Waals surface area (Å²) < 4.78 is 0. The Labute approximate surface area is 205 Å². The van der Waals surface area contributed by atoms with Gasteiger partial charge in [0.05, 0.1) is 6.54 Å². The number of oxime groups is 1. The molecule has 17 heteroatoms. The molecule has 4 rings (SSSR count). The smallest absolute Gasteiger partial charge is 0.350 e. The molecule has 3 atom stereocenters. The topological polar surface area (TPSA) is 217 Å². The van der Waals surface area contributed by atoms with Gasteiger partial charge in [0.15, 0.2) is 10.8 Å². The number of carbonyl (C=O) groups excluding carboxylic acids is 3. The number of nitrogens with two attached hydrogens (primary N) is 1. The summed E-state index contributed by atoms with van der Waals surface area (Å²) >= 11 is 1.89. The van der Waals surface area contributed by atoms with Crippen molar-refractivity contribution in [3.63, 3.8) is 0 Å². The number of urea groups is 1. The standard InChI is InChI=1S/C18H21N7O8S2/c1-17(2,13(28)29)33-23-8(7-5-34-15(19)21-7)10(26)22-9-11(27)24-6-18(14(30)31,35-12(9)24)25-4-3-20-16(25)32/h5,9,12H,3-4,6H2,1-2H3,(H2,19,21)(H,20,32)(H,22,26)(H,28,29)(H,30,31)/b23-8-/t9?,12-,18?/m1/s1. The maximum atomic E-state index is 13.1. The highest BCUT2D eigenvalue weighted by Gasteiger charge is 2.65. The Hall–Kier alpha value is -3.60. The van der Waals surface area contributed by atoms with E-state index < -0.39 is 57.4 Å². The van der Waals surface area contributed by atoms with E-state index in [2.05, 4.69) is 20.8 Å². The van der Waals surface area contributed by atoms with Gasteiger partial charge in [0.1, 0.15) is 17.1 Å². The fraction of sp³-hybridized carbons (Fsp3) is 0.500. The Kier molecular flexibility index (Phi) is 6.00. The number of carbonyl (C=O) groups is 5. The number of amides is 4. The molecule has 0 aliphatic carbocycles. The number of fused-ring (bicyclic) bond motifs is 1. The van der Waals surface area contributed by atoms with Crippen LogP contribution >= 0.6 is 23.1 Å². The Morgan fingerprint density at radius 2 is 2.09 bits per heavy atom. The average Bonchev–Trinajstić information content (AvgIpc) is 3.49. The third-order valence-electron chi connectivity index (χ3n) is 5.62. The summed E-state index contributed by atoms with van der Waals surface area (Å²) in [5, 5.41) is 28.6. The van der Waals surface area contributed by atoms with E-state index in [1.807, 2.05) is 0 Å². The molecule has 1 aromatic rings. The SMILES string of the molecule is CC(C)(O/N=C(\C(=O)NC1C(=O)N2CC(C(=O)O)(N3CCNC3=O)S[C@H]12)c1csc(N)n1)C(=O)O. The molecule has 4 heterocycles. The van der Waals surface area contributed by atoms with E-state index in [1.165, 1.54) is 24.1 Å². The van der Waals surface area contributed by atoms with Crippen LogP contribution in [0, 0.1) is 0 Å². The molecule has 6 N–H and O–H groups in total. The molecule has 188 valence electrons. The van der Waals surface area contributed by atoms with Crippen molar-refractivity contribution in [2.75, 3.05) is 25.4 Å². The van der Waals surface area contributed by atoms with Crippen molar-refractivity contribution in [3.8, 4) is 0 Å². The van der Waals surface area contributed by atoms with Crippen LogP contribution in [-0.2, 0) is 24.0 Å². The molecular formula is C18H21N7O8S2. The van der Waals surface area contributed by atoms with Crippen LogP contribution in [-0.4, -0.2) is 102 Å². The normalized spacial score (nSPS) is 26.2. The summed E-state index contributed by atoms with van der Waals surface area (Å²) in [6, 6.07) is -1.67. The van der Waals surface area contributed by atoms with Gasteiger partial charge in [-0.1, -0.05) is 16.9 Å². The van der Waals surface area contributed by atoms with Gasteiger partial charge in [0, 0.05) is 18.5 Å². The summed E-state index contributed by atoms with van der Waals surface area (Å²) in [6.45, 7) is 2.65.